The van der Waals surface area contributed by atoms with Crippen molar-refractivity contribution in [2.45, 2.75) is 32.0 Å². The summed E-state index contributed by atoms with van der Waals surface area (Å²) in [7, 11) is 1.68. The first kappa shape index (κ1) is 28.1. The summed E-state index contributed by atoms with van der Waals surface area (Å²) < 4.78 is 18.8. The summed E-state index contributed by atoms with van der Waals surface area (Å²) in [6, 6.07) is 12.4. The minimum atomic E-state index is -0.193. The number of nitrogens with one attached hydrogen (secondary N) is 1. The van der Waals surface area contributed by atoms with Gasteiger partial charge >= 0.3 is 0 Å². The second kappa shape index (κ2) is 12.9. The van der Waals surface area contributed by atoms with E-state index in [1.165, 1.54) is 0 Å². The zero-order valence-corrected chi connectivity index (χ0v) is 24.4. The molecule has 1 N–H and O–H groups in total. The highest BCUT2D eigenvalue weighted by Crippen LogP contribution is 2.34. The van der Waals surface area contributed by atoms with E-state index in [-0.39, 0.29) is 6.10 Å². The van der Waals surface area contributed by atoms with E-state index in [2.05, 4.69) is 52.7 Å². The SMILES string of the molecule is COc1cc(N2CCCN(C3COC3)CC2)ccc1Nc1ncc(-c2ccc(Cl)c(OC(C)Cn3cnnn3)c2)cn1. The third kappa shape index (κ3) is 6.56. The first-order chi connectivity index (χ1) is 20.6. The van der Waals surface area contributed by atoms with Gasteiger partial charge in [0.2, 0.25) is 5.95 Å². The Hall–Kier alpha value is -4.00. The van der Waals surface area contributed by atoms with Crippen molar-refractivity contribution in [2.75, 3.05) is 56.7 Å². The summed E-state index contributed by atoms with van der Waals surface area (Å²) >= 11 is 6.41. The van der Waals surface area contributed by atoms with Gasteiger partial charge in [-0.3, -0.25) is 4.90 Å². The van der Waals surface area contributed by atoms with Crippen LogP contribution >= 0.6 is 11.6 Å². The Labute approximate surface area is 249 Å². The van der Waals surface area contributed by atoms with Crippen LogP contribution in [0.5, 0.6) is 11.5 Å². The van der Waals surface area contributed by atoms with E-state index in [1.54, 1.807) is 36.6 Å². The Bertz CT molecular complexity index is 1470. The maximum Gasteiger partial charge on any atom is 0.227 e. The maximum atomic E-state index is 6.41. The van der Waals surface area contributed by atoms with Gasteiger partial charge in [-0.2, -0.15) is 0 Å². The zero-order chi connectivity index (χ0) is 28.9. The van der Waals surface area contributed by atoms with Crippen LogP contribution in [0.2, 0.25) is 5.02 Å². The number of methoxy groups -OCH3 is 1. The summed E-state index contributed by atoms with van der Waals surface area (Å²) in [6.45, 7) is 8.28. The van der Waals surface area contributed by atoms with Crippen molar-refractivity contribution in [3.8, 4) is 22.6 Å². The lowest BCUT2D eigenvalue weighted by Crippen LogP contribution is -2.50. The van der Waals surface area contributed by atoms with Crippen LogP contribution in [0.4, 0.5) is 17.3 Å². The molecule has 2 saturated heterocycles. The standard InChI is InChI=1S/C29H34ClN9O3/c1-20(16-39-19-33-35-36-39)42-27-12-21(4-6-25(27)30)22-14-31-29(32-15-22)34-26-7-5-23(13-28(26)40-2)37-8-3-9-38(11-10-37)24-17-41-18-24/h4-7,12-15,19-20,24H,3,8-11,16-18H2,1-2H3,(H,31,32,34). The van der Waals surface area contributed by atoms with Gasteiger partial charge in [0.15, 0.2) is 0 Å². The number of anilines is 3. The summed E-state index contributed by atoms with van der Waals surface area (Å²) in [4.78, 5) is 14.1. The second-order valence-corrected chi connectivity index (χ2v) is 10.9. The van der Waals surface area contributed by atoms with Gasteiger partial charge in [-0.1, -0.05) is 17.7 Å². The van der Waals surface area contributed by atoms with Crippen LogP contribution in [-0.4, -0.2) is 93.7 Å². The molecule has 0 bridgehead atoms. The Morgan fingerprint density at radius 1 is 1.02 bits per heavy atom. The number of ether oxygens (including phenoxy) is 3. The van der Waals surface area contributed by atoms with Gasteiger partial charge in [0.25, 0.3) is 0 Å². The number of hydrogen-bond donors (Lipinski definition) is 1. The third-order valence-corrected chi connectivity index (χ3v) is 7.86. The number of hydrogen-bond acceptors (Lipinski definition) is 11. The van der Waals surface area contributed by atoms with Gasteiger partial charge in [-0.05, 0) is 53.6 Å². The van der Waals surface area contributed by atoms with Gasteiger partial charge < -0.3 is 24.4 Å². The molecule has 0 amide bonds. The molecule has 220 valence electrons. The zero-order valence-electron chi connectivity index (χ0n) is 23.7. The van der Waals surface area contributed by atoms with E-state index in [0.717, 1.165) is 74.1 Å². The van der Waals surface area contributed by atoms with E-state index in [0.29, 0.717) is 29.3 Å². The lowest BCUT2D eigenvalue weighted by Gasteiger charge is -2.36. The summed E-state index contributed by atoms with van der Waals surface area (Å²) in [5.74, 6) is 1.78. The molecule has 42 heavy (non-hydrogen) atoms. The fourth-order valence-electron chi connectivity index (χ4n) is 5.19. The van der Waals surface area contributed by atoms with Gasteiger partial charge in [0.05, 0.1) is 43.6 Å². The number of benzene rings is 2. The smallest absolute Gasteiger partial charge is 0.227 e. The highest BCUT2D eigenvalue weighted by Gasteiger charge is 2.27. The van der Waals surface area contributed by atoms with E-state index < -0.39 is 0 Å². The molecule has 6 rings (SSSR count). The van der Waals surface area contributed by atoms with Crippen LogP contribution in [0, 0.1) is 0 Å². The molecule has 2 aromatic carbocycles. The average Bonchev–Trinajstić information content (AvgIpc) is 3.37. The summed E-state index contributed by atoms with van der Waals surface area (Å²) in [5, 5.41) is 15.0. The van der Waals surface area contributed by atoms with E-state index in [9.17, 15) is 0 Å². The molecule has 4 aromatic rings. The highest BCUT2D eigenvalue weighted by atomic mass is 35.5. The van der Waals surface area contributed by atoms with Crippen LogP contribution in [0.3, 0.4) is 0 Å². The van der Waals surface area contributed by atoms with Gasteiger partial charge in [-0.15, -0.1) is 5.10 Å². The van der Waals surface area contributed by atoms with Crippen molar-refractivity contribution in [3.05, 3.63) is 60.1 Å². The molecule has 2 aliphatic rings. The van der Waals surface area contributed by atoms with Crippen molar-refractivity contribution < 1.29 is 14.2 Å². The Morgan fingerprint density at radius 3 is 2.62 bits per heavy atom. The molecule has 1 unspecified atom stereocenters. The predicted octanol–water partition coefficient (Wildman–Crippen LogP) is 3.91. The largest absolute Gasteiger partial charge is 0.494 e. The maximum absolute atomic E-state index is 6.41. The van der Waals surface area contributed by atoms with E-state index >= 15 is 0 Å². The fourth-order valence-corrected chi connectivity index (χ4v) is 5.35. The molecule has 12 nitrogen and oxygen atoms in total. The molecule has 0 aliphatic carbocycles. The highest BCUT2D eigenvalue weighted by molar-refractivity contribution is 6.32. The van der Waals surface area contributed by atoms with Crippen LogP contribution in [-0.2, 0) is 11.3 Å². The molecule has 2 fully saturated rings. The first-order valence-corrected chi connectivity index (χ1v) is 14.4. The summed E-state index contributed by atoms with van der Waals surface area (Å²) in [6.07, 6.45) is 6.01. The molecule has 0 radical (unpaired) electrons. The number of aromatic nitrogens is 6. The molecule has 4 heterocycles. The van der Waals surface area contributed by atoms with Crippen molar-refractivity contribution in [1.82, 2.24) is 35.1 Å². The third-order valence-electron chi connectivity index (χ3n) is 7.54. The van der Waals surface area contributed by atoms with Crippen molar-refractivity contribution in [2.24, 2.45) is 0 Å². The topological polar surface area (TPSA) is 116 Å². The Balaban J connectivity index is 1.10. The van der Waals surface area contributed by atoms with Crippen molar-refractivity contribution in [1.29, 1.82) is 0 Å². The predicted molar refractivity (Wildman–Crippen MR) is 160 cm³/mol. The molecule has 13 heteroatoms. The van der Waals surface area contributed by atoms with Gasteiger partial charge in [-0.25, -0.2) is 14.6 Å². The van der Waals surface area contributed by atoms with Crippen LogP contribution in [0.25, 0.3) is 11.1 Å². The Morgan fingerprint density at radius 2 is 1.88 bits per heavy atom. The molecular formula is C29H34ClN9O3. The monoisotopic (exact) mass is 591 g/mol. The minimum absolute atomic E-state index is 0.193. The molecule has 0 saturated carbocycles. The quantitative estimate of drug-likeness (QED) is 0.289. The lowest BCUT2D eigenvalue weighted by atomic mass is 10.1. The fraction of sp³-hybridized carbons (Fsp3) is 0.414. The second-order valence-electron chi connectivity index (χ2n) is 10.5. The number of halogens is 1. The van der Waals surface area contributed by atoms with E-state index in [1.807, 2.05) is 25.1 Å². The van der Waals surface area contributed by atoms with Crippen molar-refractivity contribution >= 4 is 28.9 Å². The summed E-state index contributed by atoms with van der Waals surface area (Å²) in [5.41, 5.74) is 3.67. The van der Waals surface area contributed by atoms with E-state index in [4.69, 9.17) is 25.8 Å². The normalized spacial score (nSPS) is 16.9. The van der Waals surface area contributed by atoms with Crippen LogP contribution in [0.1, 0.15) is 13.3 Å². The molecule has 1 atom stereocenters. The van der Waals surface area contributed by atoms with Crippen LogP contribution in [0.15, 0.2) is 55.1 Å². The molecule has 2 aliphatic heterocycles. The lowest BCUT2D eigenvalue weighted by molar-refractivity contribution is -0.0625. The number of rotatable bonds is 10. The number of tetrazole rings is 1. The number of nitrogens with zero attached hydrogens (tertiary/aromatic N) is 8. The van der Waals surface area contributed by atoms with Gasteiger partial charge in [0, 0.05) is 55.9 Å². The average molecular weight is 592 g/mol. The van der Waals surface area contributed by atoms with Crippen LogP contribution < -0.4 is 19.7 Å². The molecule has 2 aromatic heterocycles. The Kier molecular flexibility index (Phi) is 8.63. The van der Waals surface area contributed by atoms with Crippen molar-refractivity contribution in [3.63, 3.8) is 0 Å². The first-order valence-electron chi connectivity index (χ1n) is 14.1. The van der Waals surface area contributed by atoms with Gasteiger partial charge in [0.1, 0.15) is 23.9 Å². The minimum Gasteiger partial charge on any atom is -0.494 e. The molecular weight excluding hydrogens is 558 g/mol. The molecule has 0 spiro atoms.